The van der Waals surface area contributed by atoms with E-state index in [1.165, 1.54) is 71.9 Å². The van der Waals surface area contributed by atoms with Gasteiger partial charge in [-0.25, -0.2) is 0 Å². The van der Waals surface area contributed by atoms with Crippen LogP contribution in [0.3, 0.4) is 0 Å². The maximum absolute atomic E-state index is 2.30. The quantitative estimate of drug-likeness (QED) is 0.165. The molecule has 0 amide bonds. The molecule has 142 valence electrons. The van der Waals surface area contributed by atoms with Crippen molar-refractivity contribution in [1.82, 2.24) is 0 Å². The summed E-state index contributed by atoms with van der Waals surface area (Å²) in [5.74, 6) is 1.39. The summed E-state index contributed by atoms with van der Waals surface area (Å²) in [6.07, 6.45) is 9.48. The van der Waals surface area contributed by atoms with Crippen molar-refractivity contribution in [1.29, 1.82) is 0 Å². The molecule has 0 radical (unpaired) electrons. The van der Waals surface area contributed by atoms with Crippen LogP contribution in [0.15, 0.2) is 60.7 Å². The third-order valence-corrected chi connectivity index (χ3v) is 12.1. The minimum absolute atomic E-state index is 0.0911. The van der Waals surface area contributed by atoms with E-state index in [1.807, 2.05) is 0 Å². The Hall–Kier alpha value is -0.261. The first-order chi connectivity index (χ1) is 12.9. The number of aryl methyl sites for hydroxylation is 2. The molecule has 0 aromatic heterocycles. The first-order valence-corrected chi connectivity index (χ1v) is 15.6. The molecule has 3 heteroatoms. The van der Waals surface area contributed by atoms with Crippen LogP contribution in [0.4, 0.5) is 0 Å². The van der Waals surface area contributed by atoms with Crippen molar-refractivity contribution in [2.24, 2.45) is 0 Å². The summed E-state index contributed by atoms with van der Waals surface area (Å²) in [6.45, 7) is 2.30. The molecule has 0 bridgehead atoms. The van der Waals surface area contributed by atoms with E-state index in [9.17, 15) is 0 Å². The van der Waals surface area contributed by atoms with Crippen molar-refractivity contribution in [3.63, 3.8) is 0 Å². The summed E-state index contributed by atoms with van der Waals surface area (Å²) < 4.78 is 0. The molecule has 0 spiro atoms. The van der Waals surface area contributed by atoms with Gasteiger partial charge in [0.05, 0.1) is 0 Å². The van der Waals surface area contributed by atoms with Crippen LogP contribution < -0.4 is 0 Å². The van der Waals surface area contributed by atoms with E-state index in [-0.39, 0.29) is 7.12 Å². The molecule has 0 aliphatic rings. The van der Waals surface area contributed by atoms with Crippen LogP contribution in [0.1, 0.15) is 37.3 Å². The molecule has 0 aliphatic heterocycles. The predicted octanol–water partition coefficient (Wildman–Crippen LogP) is 7.33. The third kappa shape index (κ3) is 10.2. The Labute approximate surface area is 172 Å². The molecule has 0 saturated carbocycles. The molecule has 0 atom stereocenters. The Morgan fingerprint density at radius 1 is 0.769 bits per heavy atom. The normalized spacial score (nSPS) is 11.2. The SMILES string of the molecule is CCCCC[Se]CCSP(CCc1ccccc1)CCc1ccccc1. The van der Waals surface area contributed by atoms with Crippen LogP contribution in [0.5, 0.6) is 0 Å². The first kappa shape index (κ1) is 22.0. The van der Waals surface area contributed by atoms with E-state index in [0.29, 0.717) is 0 Å². The van der Waals surface area contributed by atoms with Crippen LogP contribution in [0, 0.1) is 0 Å². The average Bonchev–Trinajstić information content (AvgIpc) is 2.70. The Morgan fingerprint density at radius 3 is 1.88 bits per heavy atom. The summed E-state index contributed by atoms with van der Waals surface area (Å²) in [5.41, 5.74) is 3.01. The van der Waals surface area contributed by atoms with Gasteiger partial charge in [0.15, 0.2) is 0 Å². The molecule has 0 fully saturated rings. The second-order valence-corrected chi connectivity index (χ2v) is 14.0. The van der Waals surface area contributed by atoms with Crippen molar-refractivity contribution >= 4 is 33.5 Å². The standard InChI is InChI=1S/C23H33PSSe/c1-2-3-10-20-26-21-19-25-24(17-15-22-11-6-4-7-12-22)18-16-23-13-8-5-9-14-23/h4-9,11-14H,2-3,10,15-21H2,1H3. The Balaban J connectivity index is 1.72. The Kier molecular flexibility index (Phi) is 12.5. The van der Waals surface area contributed by atoms with Gasteiger partial charge in [-0.15, -0.1) is 0 Å². The minimum atomic E-state index is 0.0911. The van der Waals surface area contributed by atoms with Gasteiger partial charge in [0, 0.05) is 0 Å². The van der Waals surface area contributed by atoms with Gasteiger partial charge in [0.1, 0.15) is 0 Å². The predicted molar refractivity (Wildman–Crippen MR) is 124 cm³/mol. The van der Waals surface area contributed by atoms with Crippen molar-refractivity contribution in [2.75, 3.05) is 18.1 Å². The summed E-state index contributed by atoms with van der Waals surface area (Å²) in [4.78, 5) is 0. The molecule has 0 aliphatic carbocycles. The van der Waals surface area contributed by atoms with Crippen LogP contribution in [0.25, 0.3) is 0 Å². The Bertz CT molecular complexity index is 517. The zero-order valence-corrected chi connectivity index (χ0v) is 19.5. The first-order valence-electron chi connectivity index (χ1n) is 9.92. The number of rotatable bonds is 14. The van der Waals surface area contributed by atoms with E-state index in [2.05, 4.69) is 79.0 Å². The van der Waals surface area contributed by atoms with Crippen LogP contribution >= 0.6 is 18.5 Å². The van der Waals surface area contributed by atoms with Gasteiger partial charge in [0.2, 0.25) is 0 Å². The monoisotopic (exact) mass is 452 g/mol. The van der Waals surface area contributed by atoms with Crippen LogP contribution in [-0.2, 0) is 12.8 Å². The summed E-state index contributed by atoms with van der Waals surface area (Å²) in [7, 11) is 0.0911. The zero-order chi connectivity index (χ0) is 18.3. The molecule has 2 rings (SSSR count). The summed E-state index contributed by atoms with van der Waals surface area (Å²) in [5, 5.41) is 2.96. The molecule has 0 N–H and O–H groups in total. The molecule has 26 heavy (non-hydrogen) atoms. The molecular formula is C23H33PSSe. The van der Waals surface area contributed by atoms with Gasteiger partial charge in [-0.05, 0) is 0 Å². The number of benzene rings is 2. The van der Waals surface area contributed by atoms with E-state index < -0.39 is 0 Å². The van der Waals surface area contributed by atoms with E-state index >= 15 is 0 Å². The van der Waals surface area contributed by atoms with E-state index in [1.54, 1.807) is 0 Å². The molecule has 0 saturated heterocycles. The van der Waals surface area contributed by atoms with Crippen LogP contribution in [0.2, 0.25) is 10.6 Å². The van der Waals surface area contributed by atoms with Crippen LogP contribution in [-0.4, -0.2) is 33.0 Å². The second kappa shape index (κ2) is 14.8. The Morgan fingerprint density at radius 2 is 1.35 bits per heavy atom. The van der Waals surface area contributed by atoms with Gasteiger partial charge in [-0.3, -0.25) is 0 Å². The molecular weight excluding hydrogens is 418 g/mol. The topological polar surface area (TPSA) is 0 Å². The molecule has 0 unspecified atom stereocenters. The molecule has 0 nitrogen and oxygen atoms in total. The molecule has 2 aromatic carbocycles. The van der Waals surface area contributed by atoms with E-state index in [0.717, 1.165) is 15.0 Å². The van der Waals surface area contributed by atoms with Gasteiger partial charge in [-0.2, -0.15) is 0 Å². The number of unbranched alkanes of at least 4 members (excludes halogenated alkanes) is 2. The van der Waals surface area contributed by atoms with Gasteiger partial charge in [0.25, 0.3) is 0 Å². The van der Waals surface area contributed by atoms with Gasteiger partial charge in [-0.1, -0.05) is 0 Å². The van der Waals surface area contributed by atoms with Gasteiger partial charge >= 0.3 is 173 Å². The maximum atomic E-state index is 2.30. The number of hydrogen-bond acceptors (Lipinski definition) is 1. The van der Waals surface area contributed by atoms with Crippen molar-refractivity contribution in [3.05, 3.63) is 71.8 Å². The van der Waals surface area contributed by atoms with Crippen molar-refractivity contribution in [3.8, 4) is 0 Å². The number of hydrogen-bond donors (Lipinski definition) is 0. The molecule has 0 heterocycles. The van der Waals surface area contributed by atoms with Crippen molar-refractivity contribution < 1.29 is 0 Å². The average molecular weight is 452 g/mol. The zero-order valence-electron chi connectivity index (χ0n) is 16.1. The fraction of sp³-hybridized carbons (Fsp3) is 0.478. The molecule has 2 aromatic rings. The fourth-order valence-corrected chi connectivity index (χ4v) is 10.5. The third-order valence-electron chi connectivity index (χ3n) is 4.38. The van der Waals surface area contributed by atoms with Gasteiger partial charge < -0.3 is 0 Å². The summed E-state index contributed by atoms with van der Waals surface area (Å²) in [6, 6.07) is 22.1. The fourth-order valence-electron chi connectivity index (χ4n) is 2.82. The summed E-state index contributed by atoms with van der Waals surface area (Å²) >= 11 is 3.18. The van der Waals surface area contributed by atoms with E-state index in [4.69, 9.17) is 0 Å². The van der Waals surface area contributed by atoms with Crippen molar-refractivity contribution in [2.45, 2.75) is 49.7 Å². The second-order valence-electron chi connectivity index (χ2n) is 6.55.